The Bertz CT molecular complexity index is 872. The number of nitrogens with zero attached hydrogens (tertiary/aromatic N) is 5. The van der Waals surface area contributed by atoms with E-state index in [0.717, 1.165) is 11.3 Å². The van der Waals surface area contributed by atoms with E-state index in [0.29, 0.717) is 16.5 Å². The van der Waals surface area contributed by atoms with Gasteiger partial charge in [0.15, 0.2) is 11.5 Å². The van der Waals surface area contributed by atoms with Crippen LogP contribution in [0.2, 0.25) is 5.02 Å². The largest absolute Gasteiger partial charge is 0.359 e. The van der Waals surface area contributed by atoms with E-state index < -0.39 is 0 Å². The summed E-state index contributed by atoms with van der Waals surface area (Å²) in [5.41, 5.74) is 2.49. The number of aryl methyl sites for hydroxylation is 1. The first kappa shape index (κ1) is 16.2. The van der Waals surface area contributed by atoms with Crippen LogP contribution in [-0.4, -0.2) is 37.8 Å². The zero-order valence-electron chi connectivity index (χ0n) is 13.5. The van der Waals surface area contributed by atoms with Gasteiger partial charge in [-0.25, -0.2) is 0 Å². The van der Waals surface area contributed by atoms with Gasteiger partial charge in [0.05, 0.1) is 17.3 Å². The normalized spacial score (nSPS) is 10.8. The lowest BCUT2D eigenvalue weighted by Gasteiger charge is -2.13. The number of halogens is 1. The Hall–Kier alpha value is -2.67. The molecule has 0 saturated heterocycles. The van der Waals surface area contributed by atoms with E-state index in [1.807, 2.05) is 19.1 Å². The van der Waals surface area contributed by atoms with Crippen molar-refractivity contribution in [2.24, 2.45) is 7.05 Å². The molecule has 7 nitrogen and oxygen atoms in total. The van der Waals surface area contributed by atoms with Crippen molar-refractivity contribution in [3.63, 3.8) is 0 Å². The first-order valence-corrected chi connectivity index (χ1v) is 7.65. The molecule has 0 aromatic carbocycles. The van der Waals surface area contributed by atoms with Crippen LogP contribution >= 0.6 is 11.6 Å². The maximum absolute atomic E-state index is 12.5. The van der Waals surface area contributed by atoms with Crippen molar-refractivity contribution in [1.29, 1.82) is 0 Å². The van der Waals surface area contributed by atoms with E-state index in [9.17, 15) is 4.79 Å². The number of carbonyl (C=O) groups is 1. The van der Waals surface area contributed by atoms with Gasteiger partial charge in [-0.1, -0.05) is 16.8 Å². The summed E-state index contributed by atoms with van der Waals surface area (Å²) in [4.78, 5) is 18.0. The molecule has 0 unspecified atom stereocenters. The van der Waals surface area contributed by atoms with Gasteiger partial charge in [0, 0.05) is 38.1 Å². The molecule has 24 heavy (non-hydrogen) atoms. The number of hydrogen-bond acceptors (Lipinski definition) is 5. The minimum atomic E-state index is -0.275. The zero-order chi connectivity index (χ0) is 17.3. The molecule has 3 aromatic rings. The summed E-state index contributed by atoms with van der Waals surface area (Å²) >= 11 is 6.17. The number of pyridine rings is 1. The monoisotopic (exact) mass is 345 g/mol. The first-order chi connectivity index (χ1) is 11.5. The Morgan fingerprint density at radius 3 is 2.88 bits per heavy atom. The number of rotatable bonds is 4. The van der Waals surface area contributed by atoms with Gasteiger partial charge in [0.2, 0.25) is 0 Å². The van der Waals surface area contributed by atoms with Crippen LogP contribution in [-0.2, 0) is 13.6 Å². The lowest BCUT2D eigenvalue weighted by Crippen LogP contribution is -2.26. The number of amides is 1. The molecule has 0 aliphatic rings. The number of hydrogen-bond donors (Lipinski definition) is 0. The topological polar surface area (TPSA) is 77.1 Å². The number of carbonyl (C=O) groups excluding carboxylic acids is 1. The lowest BCUT2D eigenvalue weighted by molar-refractivity contribution is 0.0766. The van der Waals surface area contributed by atoms with Crippen molar-refractivity contribution in [2.45, 2.75) is 13.5 Å². The summed E-state index contributed by atoms with van der Waals surface area (Å²) in [7, 11) is 3.41. The molecule has 0 aliphatic heterocycles. The summed E-state index contributed by atoms with van der Waals surface area (Å²) in [5, 5.41) is 8.54. The van der Waals surface area contributed by atoms with Crippen LogP contribution in [0.1, 0.15) is 21.9 Å². The van der Waals surface area contributed by atoms with Crippen LogP contribution in [0.15, 0.2) is 35.1 Å². The van der Waals surface area contributed by atoms with Gasteiger partial charge >= 0.3 is 0 Å². The lowest BCUT2D eigenvalue weighted by atomic mass is 10.2. The fraction of sp³-hybridized carbons (Fsp3) is 0.250. The molecule has 0 atom stereocenters. The Labute approximate surface area is 143 Å². The standard InChI is InChI=1S/C16H16ClN5O2/c1-10-14(17)15(19-22(10)3)16(23)21(2)9-12-7-13(20-24-12)11-5-4-6-18-8-11/h4-8H,9H2,1-3H3. The first-order valence-electron chi connectivity index (χ1n) is 7.28. The second-order valence-electron chi connectivity index (χ2n) is 5.45. The maximum Gasteiger partial charge on any atom is 0.276 e. The zero-order valence-corrected chi connectivity index (χ0v) is 14.3. The fourth-order valence-electron chi connectivity index (χ4n) is 2.24. The van der Waals surface area contributed by atoms with E-state index in [2.05, 4.69) is 15.2 Å². The summed E-state index contributed by atoms with van der Waals surface area (Å²) in [6, 6.07) is 5.50. The Morgan fingerprint density at radius 2 is 2.25 bits per heavy atom. The van der Waals surface area contributed by atoms with Crippen LogP contribution in [0.5, 0.6) is 0 Å². The van der Waals surface area contributed by atoms with Crippen LogP contribution < -0.4 is 0 Å². The van der Waals surface area contributed by atoms with Crippen molar-refractivity contribution in [3.8, 4) is 11.3 Å². The molecule has 0 bridgehead atoms. The average molecular weight is 346 g/mol. The van der Waals surface area contributed by atoms with Gasteiger partial charge < -0.3 is 9.42 Å². The summed E-state index contributed by atoms with van der Waals surface area (Å²) in [6.45, 7) is 2.07. The second-order valence-corrected chi connectivity index (χ2v) is 5.83. The highest BCUT2D eigenvalue weighted by molar-refractivity contribution is 6.34. The molecule has 3 aromatic heterocycles. The molecule has 0 radical (unpaired) electrons. The quantitative estimate of drug-likeness (QED) is 0.726. The molecule has 0 saturated carbocycles. The molecule has 124 valence electrons. The minimum absolute atomic E-state index is 0.228. The van der Waals surface area contributed by atoms with Crippen LogP contribution in [0.4, 0.5) is 0 Å². The maximum atomic E-state index is 12.5. The van der Waals surface area contributed by atoms with E-state index in [-0.39, 0.29) is 18.1 Å². The molecular formula is C16H16ClN5O2. The van der Waals surface area contributed by atoms with Crippen LogP contribution in [0.25, 0.3) is 11.3 Å². The summed E-state index contributed by atoms with van der Waals surface area (Å²) in [5.74, 6) is 0.288. The van der Waals surface area contributed by atoms with Crippen molar-refractivity contribution in [1.82, 2.24) is 24.8 Å². The highest BCUT2D eigenvalue weighted by atomic mass is 35.5. The van der Waals surface area contributed by atoms with Crippen molar-refractivity contribution >= 4 is 17.5 Å². The highest BCUT2D eigenvalue weighted by Crippen LogP contribution is 2.22. The molecule has 0 aliphatic carbocycles. The highest BCUT2D eigenvalue weighted by Gasteiger charge is 2.22. The van der Waals surface area contributed by atoms with E-state index in [1.165, 1.54) is 4.90 Å². The molecule has 0 fully saturated rings. The molecule has 1 amide bonds. The van der Waals surface area contributed by atoms with Crippen molar-refractivity contribution < 1.29 is 9.32 Å². The van der Waals surface area contributed by atoms with Gasteiger partial charge in [0.25, 0.3) is 5.91 Å². The van der Waals surface area contributed by atoms with E-state index in [1.54, 1.807) is 37.2 Å². The van der Waals surface area contributed by atoms with Crippen molar-refractivity contribution in [3.05, 3.63) is 52.8 Å². The second kappa shape index (κ2) is 6.45. The molecule has 3 rings (SSSR count). The number of aromatic nitrogens is 4. The SMILES string of the molecule is Cc1c(Cl)c(C(=O)N(C)Cc2cc(-c3cccnc3)no2)nn1C. The van der Waals surface area contributed by atoms with Gasteiger partial charge in [-0.15, -0.1) is 0 Å². The van der Waals surface area contributed by atoms with Gasteiger partial charge in [-0.3, -0.25) is 14.5 Å². The van der Waals surface area contributed by atoms with Gasteiger partial charge in [-0.05, 0) is 19.1 Å². The molecule has 0 N–H and O–H groups in total. The van der Waals surface area contributed by atoms with Gasteiger partial charge in [-0.2, -0.15) is 5.10 Å². The Kier molecular flexibility index (Phi) is 4.35. The predicted octanol–water partition coefficient (Wildman–Crippen LogP) is 2.70. The Balaban J connectivity index is 1.75. The van der Waals surface area contributed by atoms with Crippen LogP contribution in [0, 0.1) is 6.92 Å². The van der Waals surface area contributed by atoms with Crippen molar-refractivity contribution in [2.75, 3.05) is 7.05 Å². The third-order valence-electron chi connectivity index (χ3n) is 3.72. The van der Waals surface area contributed by atoms with E-state index >= 15 is 0 Å². The minimum Gasteiger partial charge on any atom is -0.359 e. The smallest absolute Gasteiger partial charge is 0.276 e. The molecule has 3 heterocycles. The summed E-state index contributed by atoms with van der Waals surface area (Å²) < 4.78 is 6.89. The Morgan fingerprint density at radius 1 is 1.46 bits per heavy atom. The predicted molar refractivity (Wildman–Crippen MR) is 88.5 cm³/mol. The van der Waals surface area contributed by atoms with Gasteiger partial charge in [0.1, 0.15) is 5.69 Å². The third kappa shape index (κ3) is 3.03. The fourth-order valence-corrected chi connectivity index (χ4v) is 2.48. The molecular weight excluding hydrogens is 330 g/mol. The van der Waals surface area contributed by atoms with Crippen LogP contribution in [0.3, 0.4) is 0 Å². The third-order valence-corrected chi connectivity index (χ3v) is 4.17. The van der Waals surface area contributed by atoms with E-state index in [4.69, 9.17) is 16.1 Å². The summed E-state index contributed by atoms with van der Waals surface area (Å²) in [6.07, 6.45) is 3.39. The average Bonchev–Trinajstić information content (AvgIpc) is 3.15. The molecule has 8 heteroatoms. The molecule has 0 spiro atoms.